The molecule has 148 valence electrons. The second-order valence-electron chi connectivity index (χ2n) is 6.48. The number of fused-ring (bicyclic) bond motifs is 1. The highest BCUT2D eigenvalue weighted by molar-refractivity contribution is 6.44. The molecule has 1 unspecified atom stereocenters. The van der Waals surface area contributed by atoms with E-state index in [4.69, 9.17) is 27.9 Å². The number of aromatic nitrogens is 2. The number of halogens is 2. The molecular formula is C20H18Cl2N5O2+. The van der Waals surface area contributed by atoms with Crippen LogP contribution in [0.25, 0.3) is 0 Å². The van der Waals surface area contributed by atoms with Gasteiger partial charge in [0, 0.05) is 17.3 Å². The standard InChI is InChI=1S/C20H17Cl2N5O2/c1-11-10-16(28)27-18(12-6-8-13(29-2)9-7-12)25-19(26-20(27)23-11)24-15-5-3-4-14(21)17(15)22/h3-10,18H,1-2H3,(H2,23,24,25,26)/p+1. The van der Waals surface area contributed by atoms with E-state index in [1.54, 1.807) is 36.8 Å². The van der Waals surface area contributed by atoms with Crippen LogP contribution in [-0.4, -0.2) is 22.6 Å². The van der Waals surface area contributed by atoms with Crippen LogP contribution in [0.15, 0.2) is 53.3 Å². The van der Waals surface area contributed by atoms with Gasteiger partial charge >= 0.3 is 5.96 Å². The largest absolute Gasteiger partial charge is 0.497 e. The quantitative estimate of drug-likeness (QED) is 0.594. The van der Waals surface area contributed by atoms with Crippen molar-refractivity contribution in [3.63, 3.8) is 0 Å². The Hall–Kier alpha value is -3.03. The van der Waals surface area contributed by atoms with Gasteiger partial charge in [-0.3, -0.25) is 9.79 Å². The zero-order chi connectivity index (χ0) is 20.5. The maximum absolute atomic E-state index is 12.7. The molecule has 7 nitrogen and oxygen atoms in total. The van der Waals surface area contributed by atoms with E-state index in [0.29, 0.717) is 33.3 Å². The van der Waals surface area contributed by atoms with Crippen LogP contribution in [0.2, 0.25) is 10.0 Å². The topological polar surface area (TPSA) is 82.2 Å². The molecule has 3 N–H and O–H groups in total. The van der Waals surface area contributed by atoms with Gasteiger partial charge in [0.1, 0.15) is 11.4 Å². The predicted octanol–water partition coefficient (Wildman–Crippen LogP) is 2.39. The average molecular weight is 431 g/mol. The van der Waals surface area contributed by atoms with E-state index < -0.39 is 6.17 Å². The van der Waals surface area contributed by atoms with Gasteiger partial charge in [0.15, 0.2) is 6.17 Å². The summed E-state index contributed by atoms with van der Waals surface area (Å²) in [7, 11) is 1.61. The normalized spacial score (nSPS) is 15.2. The second kappa shape index (κ2) is 7.77. The Bertz CT molecular complexity index is 1160. The molecule has 0 radical (unpaired) electrons. The molecule has 1 aliphatic rings. The smallest absolute Gasteiger partial charge is 0.357 e. The third-order valence-electron chi connectivity index (χ3n) is 4.50. The first-order valence-corrected chi connectivity index (χ1v) is 9.57. The van der Waals surface area contributed by atoms with Gasteiger partial charge in [-0.15, -0.1) is 0 Å². The summed E-state index contributed by atoms with van der Waals surface area (Å²) in [5, 5.41) is 7.14. The van der Waals surface area contributed by atoms with E-state index in [1.807, 2.05) is 24.3 Å². The molecular weight excluding hydrogens is 413 g/mol. The molecule has 1 aromatic heterocycles. The molecule has 0 amide bonds. The Morgan fingerprint density at radius 1 is 1.21 bits per heavy atom. The summed E-state index contributed by atoms with van der Waals surface area (Å²) in [5.74, 6) is 1.66. The summed E-state index contributed by atoms with van der Waals surface area (Å²) in [6.45, 7) is 1.77. The molecule has 0 bridgehead atoms. The summed E-state index contributed by atoms with van der Waals surface area (Å²) in [6, 6.07) is 14.3. The lowest BCUT2D eigenvalue weighted by Crippen LogP contribution is -2.82. The van der Waals surface area contributed by atoms with E-state index in [2.05, 4.69) is 20.6 Å². The van der Waals surface area contributed by atoms with Gasteiger partial charge in [0.05, 0.1) is 17.2 Å². The fourth-order valence-electron chi connectivity index (χ4n) is 3.11. The number of ether oxygens (including phenoxy) is 1. The van der Waals surface area contributed by atoms with E-state index in [-0.39, 0.29) is 5.56 Å². The molecule has 1 aliphatic heterocycles. The van der Waals surface area contributed by atoms with Gasteiger partial charge < -0.3 is 4.74 Å². The maximum Gasteiger partial charge on any atom is 0.357 e. The number of aryl methyl sites for hydroxylation is 1. The number of guanidine groups is 1. The van der Waals surface area contributed by atoms with Gasteiger partial charge in [-0.05, 0) is 43.3 Å². The van der Waals surface area contributed by atoms with Crippen molar-refractivity contribution in [3.05, 3.63) is 80.2 Å². The Morgan fingerprint density at radius 3 is 2.69 bits per heavy atom. The number of rotatable bonds is 3. The minimum Gasteiger partial charge on any atom is -0.497 e. The average Bonchev–Trinajstić information content (AvgIpc) is 2.70. The first-order chi connectivity index (χ1) is 14.0. The van der Waals surface area contributed by atoms with Crippen molar-refractivity contribution in [1.29, 1.82) is 0 Å². The van der Waals surface area contributed by atoms with Gasteiger partial charge in [-0.25, -0.2) is 20.2 Å². The van der Waals surface area contributed by atoms with Crippen LogP contribution in [0.3, 0.4) is 0 Å². The van der Waals surface area contributed by atoms with Gasteiger partial charge in [-0.1, -0.05) is 29.3 Å². The highest BCUT2D eigenvalue weighted by atomic mass is 35.5. The minimum atomic E-state index is -0.488. The number of hydrogen-bond acceptors (Lipinski definition) is 5. The van der Waals surface area contributed by atoms with Crippen molar-refractivity contribution in [2.24, 2.45) is 0 Å². The monoisotopic (exact) mass is 430 g/mol. The Morgan fingerprint density at radius 2 is 1.97 bits per heavy atom. The van der Waals surface area contributed by atoms with Crippen LogP contribution < -0.4 is 25.9 Å². The SMILES string of the molecule is COc1ccc(C2[NH+]=C(Nc3cccc(Cl)c3Cl)Nc3nc(C)cc(=O)n32)cc1. The number of nitrogens with one attached hydrogen (secondary N) is 3. The van der Waals surface area contributed by atoms with Gasteiger partial charge in [0.2, 0.25) is 0 Å². The Kier molecular flexibility index (Phi) is 5.17. The van der Waals surface area contributed by atoms with Crippen molar-refractivity contribution in [1.82, 2.24) is 9.55 Å². The van der Waals surface area contributed by atoms with Crippen molar-refractivity contribution in [3.8, 4) is 5.75 Å². The second-order valence-corrected chi connectivity index (χ2v) is 7.26. The molecule has 2 aromatic carbocycles. The van der Waals surface area contributed by atoms with Crippen LogP contribution in [0.5, 0.6) is 5.75 Å². The summed E-state index contributed by atoms with van der Waals surface area (Å²) in [4.78, 5) is 20.5. The number of nitrogens with zero attached hydrogens (tertiary/aromatic N) is 2. The Balaban J connectivity index is 1.80. The number of anilines is 2. The van der Waals surface area contributed by atoms with Crippen molar-refractivity contribution >= 4 is 40.8 Å². The lowest BCUT2D eigenvalue weighted by Gasteiger charge is -2.23. The third-order valence-corrected chi connectivity index (χ3v) is 5.32. The van der Waals surface area contributed by atoms with Crippen LogP contribution >= 0.6 is 23.2 Å². The zero-order valence-electron chi connectivity index (χ0n) is 15.7. The number of methoxy groups -OCH3 is 1. The van der Waals surface area contributed by atoms with Crippen molar-refractivity contribution in [2.75, 3.05) is 17.7 Å². The van der Waals surface area contributed by atoms with Crippen molar-refractivity contribution < 1.29 is 9.73 Å². The molecule has 0 fully saturated rings. The fourth-order valence-corrected chi connectivity index (χ4v) is 3.46. The number of hydrogen-bond donors (Lipinski definition) is 3. The van der Waals surface area contributed by atoms with E-state index in [0.717, 1.165) is 11.3 Å². The lowest BCUT2D eigenvalue weighted by atomic mass is 10.1. The third kappa shape index (κ3) is 3.79. The fraction of sp³-hybridized carbons (Fsp3) is 0.150. The molecule has 4 rings (SSSR count). The summed E-state index contributed by atoms with van der Waals surface area (Å²) < 4.78 is 6.79. The van der Waals surface area contributed by atoms with E-state index >= 15 is 0 Å². The highest BCUT2D eigenvalue weighted by Crippen LogP contribution is 2.29. The zero-order valence-corrected chi connectivity index (χ0v) is 17.2. The molecule has 0 saturated heterocycles. The molecule has 0 saturated carbocycles. The first-order valence-electron chi connectivity index (χ1n) is 8.82. The highest BCUT2D eigenvalue weighted by Gasteiger charge is 2.29. The van der Waals surface area contributed by atoms with Gasteiger partial charge in [-0.2, -0.15) is 0 Å². The van der Waals surface area contributed by atoms with Crippen LogP contribution in [-0.2, 0) is 0 Å². The van der Waals surface area contributed by atoms with Crippen LogP contribution in [0.1, 0.15) is 17.4 Å². The molecule has 3 aromatic rings. The maximum atomic E-state index is 12.7. The molecule has 1 atom stereocenters. The molecule has 9 heteroatoms. The molecule has 29 heavy (non-hydrogen) atoms. The molecule has 2 heterocycles. The van der Waals surface area contributed by atoms with Gasteiger partial charge in [0.25, 0.3) is 11.5 Å². The Labute approximate surface area is 177 Å². The first kappa shape index (κ1) is 19.3. The lowest BCUT2D eigenvalue weighted by molar-refractivity contribution is -0.520. The van der Waals surface area contributed by atoms with Crippen LogP contribution in [0.4, 0.5) is 11.6 Å². The van der Waals surface area contributed by atoms with E-state index in [1.165, 1.54) is 6.07 Å². The van der Waals surface area contributed by atoms with Crippen LogP contribution in [0, 0.1) is 6.92 Å². The minimum absolute atomic E-state index is 0.173. The molecule has 0 aliphatic carbocycles. The van der Waals surface area contributed by atoms with E-state index in [9.17, 15) is 4.79 Å². The predicted molar refractivity (Wildman–Crippen MR) is 114 cm³/mol. The summed E-state index contributed by atoms with van der Waals surface area (Å²) in [5.41, 5.74) is 1.92. The summed E-state index contributed by atoms with van der Waals surface area (Å²) >= 11 is 12.4. The molecule has 0 spiro atoms. The van der Waals surface area contributed by atoms with Crippen molar-refractivity contribution in [2.45, 2.75) is 13.1 Å². The summed E-state index contributed by atoms with van der Waals surface area (Å²) in [6.07, 6.45) is -0.488. The number of benzene rings is 2.